The molecule has 0 aromatic rings. The monoisotopic (exact) mass is 568 g/mol. The molecule has 0 spiro atoms. The molecule has 4 rings (SSSR count). The number of Topliss-reactive ketones (excluding diaryl/α,β-unsaturated/α-hetero) is 1. The van der Waals surface area contributed by atoms with Crippen LogP contribution in [0.5, 0.6) is 0 Å². The lowest BCUT2D eigenvalue weighted by Gasteiger charge is -2.62. The topological polar surface area (TPSA) is 54.4 Å². The van der Waals surface area contributed by atoms with Gasteiger partial charge in [-0.2, -0.15) is 22.0 Å². The van der Waals surface area contributed by atoms with Crippen LogP contribution >= 0.6 is 0 Å². The van der Waals surface area contributed by atoms with Crippen LogP contribution in [0.2, 0.25) is 0 Å². The molecule has 0 aromatic carbocycles. The van der Waals surface area contributed by atoms with Crippen LogP contribution in [-0.4, -0.2) is 44.8 Å². The molecule has 4 aliphatic carbocycles. The average molecular weight is 569 g/mol. The normalized spacial score (nSPS) is 40.4. The van der Waals surface area contributed by atoms with Crippen LogP contribution in [0.25, 0.3) is 0 Å². The van der Waals surface area contributed by atoms with Gasteiger partial charge in [0.15, 0.2) is 0 Å². The number of alkyl halides is 5. The van der Waals surface area contributed by atoms with E-state index in [0.29, 0.717) is 60.4 Å². The lowest BCUT2D eigenvalue weighted by molar-refractivity contribution is -0.284. The van der Waals surface area contributed by atoms with Gasteiger partial charge >= 0.3 is 12.1 Å². The molecule has 0 radical (unpaired) electrons. The van der Waals surface area contributed by atoms with Gasteiger partial charge in [0.2, 0.25) is 0 Å². The molecule has 4 aliphatic rings. The van der Waals surface area contributed by atoms with Crippen LogP contribution in [0.4, 0.5) is 22.0 Å². The fourth-order valence-electron chi connectivity index (χ4n) is 9.25. The average Bonchev–Trinajstić information content (AvgIpc) is 3.12. The van der Waals surface area contributed by atoms with Crippen LogP contribution in [-0.2, 0) is 15.6 Å². The van der Waals surface area contributed by atoms with Crippen molar-refractivity contribution in [3.05, 3.63) is 0 Å². The summed E-state index contributed by atoms with van der Waals surface area (Å²) in [6.45, 7) is 4.70. The number of halogens is 5. The van der Waals surface area contributed by atoms with Gasteiger partial charge in [0.05, 0.1) is 6.10 Å². The number of aliphatic hydroxyl groups excluding tert-OH is 1. The third-order valence-electron chi connectivity index (χ3n) is 11.2. The number of aliphatic hydroxyl groups is 1. The summed E-state index contributed by atoms with van der Waals surface area (Å²) in [6, 6.07) is 0. The zero-order chi connectivity index (χ0) is 27.9. The summed E-state index contributed by atoms with van der Waals surface area (Å²) in [5.41, 5.74) is 0.107. The molecule has 9 atom stereocenters. The van der Waals surface area contributed by atoms with Crippen LogP contribution in [0, 0.1) is 40.4 Å². The molecule has 0 aromatic heterocycles. The SMILES string of the molecule is C[C@]12CCC(=O)C[C@@H]1CC[C@@H]1[C@@H]2[C@@H](CCCCCS(=O)CCCC(F)(F)C(F)(F)F)C[C@]2(C)[C@@H](O)CC[C@@H]12. The van der Waals surface area contributed by atoms with Gasteiger partial charge in [-0.15, -0.1) is 0 Å². The number of fused-ring (bicyclic) bond motifs is 5. The molecule has 38 heavy (non-hydrogen) atoms. The van der Waals surface area contributed by atoms with Crippen molar-refractivity contribution < 1.29 is 36.1 Å². The summed E-state index contributed by atoms with van der Waals surface area (Å²) in [4.78, 5) is 12.3. The van der Waals surface area contributed by atoms with E-state index in [4.69, 9.17) is 0 Å². The molecular formula is C29H45F5O3S. The number of rotatable bonds is 10. The van der Waals surface area contributed by atoms with Crippen LogP contribution in [0.15, 0.2) is 0 Å². The number of ketones is 1. The third-order valence-corrected chi connectivity index (χ3v) is 12.7. The highest BCUT2D eigenvalue weighted by Crippen LogP contribution is 2.68. The standard InChI is InChI=1S/C29H45F5O3S/c1-26-14-12-21(35)17-20(26)8-9-22-23-10-11-24(36)27(23,2)18-19(25(22)26)7-4-3-5-15-38(37)16-6-13-28(30,31)29(32,33)34/h19-20,22-25,36H,3-18H2,1-2H3/t19-,20-,22-,23-,24-,25-,26-,27-,38?/m0/s1. The van der Waals surface area contributed by atoms with Crippen LogP contribution < -0.4 is 0 Å². The van der Waals surface area contributed by atoms with E-state index in [2.05, 4.69) is 13.8 Å². The van der Waals surface area contributed by atoms with E-state index in [1.807, 2.05) is 0 Å². The molecule has 4 fully saturated rings. The molecule has 0 bridgehead atoms. The Kier molecular flexibility index (Phi) is 9.09. The summed E-state index contributed by atoms with van der Waals surface area (Å²) in [7, 11) is -1.39. The van der Waals surface area contributed by atoms with Gasteiger partial charge in [0.25, 0.3) is 0 Å². The van der Waals surface area contributed by atoms with E-state index in [0.717, 1.165) is 57.8 Å². The molecule has 9 heteroatoms. The van der Waals surface area contributed by atoms with Crippen molar-refractivity contribution in [2.75, 3.05) is 11.5 Å². The van der Waals surface area contributed by atoms with Crippen molar-refractivity contribution in [3.63, 3.8) is 0 Å². The zero-order valence-electron chi connectivity index (χ0n) is 22.8. The molecular weight excluding hydrogens is 523 g/mol. The molecule has 0 saturated heterocycles. The summed E-state index contributed by atoms with van der Waals surface area (Å²) in [5.74, 6) is -1.51. The van der Waals surface area contributed by atoms with Crippen molar-refractivity contribution in [1.29, 1.82) is 0 Å². The van der Waals surface area contributed by atoms with E-state index >= 15 is 0 Å². The first-order valence-corrected chi connectivity index (χ1v) is 16.2. The molecule has 0 aliphatic heterocycles. The van der Waals surface area contributed by atoms with Gasteiger partial charge in [0.1, 0.15) is 5.78 Å². The highest BCUT2D eigenvalue weighted by atomic mass is 32.2. The van der Waals surface area contributed by atoms with Crippen molar-refractivity contribution >= 4 is 16.6 Å². The summed E-state index contributed by atoms with van der Waals surface area (Å²) >= 11 is 0. The van der Waals surface area contributed by atoms with Gasteiger partial charge in [-0.05, 0) is 91.8 Å². The molecule has 3 nitrogen and oxygen atoms in total. The van der Waals surface area contributed by atoms with Gasteiger partial charge in [-0.25, -0.2) is 0 Å². The number of hydrogen-bond acceptors (Lipinski definition) is 3. The second-order valence-corrected chi connectivity index (χ2v) is 15.1. The Hall–Kier alpha value is -0.570. The van der Waals surface area contributed by atoms with E-state index in [-0.39, 0.29) is 22.7 Å². The summed E-state index contributed by atoms with van der Waals surface area (Å²) in [6.07, 6.45) is 3.52. The molecule has 4 saturated carbocycles. The largest absolute Gasteiger partial charge is 0.453 e. The maximum Gasteiger partial charge on any atom is 0.453 e. The third kappa shape index (κ3) is 5.89. The maximum absolute atomic E-state index is 13.1. The molecule has 1 unspecified atom stereocenters. The van der Waals surface area contributed by atoms with Crippen molar-refractivity contribution in [2.24, 2.45) is 40.4 Å². The highest BCUT2D eigenvalue weighted by Gasteiger charge is 2.62. The second kappa shape index (κ2) is 11.4. The number of carbonyl (C=O) groups is 1. The Morgan fingerprint density at radius 2 is 1.66 bits per heavy atom. The highest BCUT2D eigenvalue weighted by molar-refractivity contribution is 7.84. The lowest BCUT2D eigenvalue weighted by atomic mass is 9.42. The maximum atomic E-state index is 13.1. The minimum atomic E-state index is -5.55. The van der Waals surface area contributed by atoms with Crippen LogP contribution in [0.3, 0.4) is 0 Å². The van der Waals surface area contributed by atoms with Gasteiger partial charge < -0.3 is 5.11 Å². The predicted molar refractivity (Wildman–Crippen MR) is 138 cm³/mol. The summed E-state index contributed by atoms with van der Waals surface area (Å²) in [5, 5.41) is 11.0. The smallest absolute Gasteiger partial charge is 0.393 e. The Morgan fingerprint density at radius 1 is 0.947 bits per heavy atom. The first-order chi connectivity index (χ1) is 17.7. The van der Waals surface area contributed by atoms with Gasteiger partial charge in [0, 0.05) is 41.6 Å². The first kappa shape index (κ1) is 30.4. The molecule has 0 heterocycles. The van der Waals surface area contributed by atoms with Gasteiger partial charge in [-0.3, -0.25) is 9.00 Å². The van der Waals surface area contributed by atoms with Crippen molar-refractivity contribution in [1.82, 2.24) is 0 Å². The van der Waals surface area contributed by atoms with E-state index in [1.165, 1.54) is 0 Å². The Labute approximate surface area is 226 Å². The second-order valence-electron chi connectivity index (χ2n) is 13.4. The molecule has 220 valence electrons. The minimum Gasteiger partial charge on any atom is -0.393 e. The van der Waals surface area contributed by atoms with E-state index < -0.39 is 35.7 Å². The Bertz CT molecular complexity index is 879. The van der Waals surface area contributed by atoms with E-state index in [9.17, 15) is 36.1 Å². The number of unbranched alkanes of at least 4 members (excludes halogenated alkanes) is 2. The first-order valence-electron chi connectivity index (χ1n) is 14.7. The lowest BCUT2D eigenvalue weighted by Crippen LogP contribution is -2.57. The Morgan fingerprint density at radius 3 is 2.37 bits per heavy atom. The minimum absolute atomic E-state index is 0.0561. The Balaban J connectivity index is 1.31. The number of hydrogen-bond donors (Lipinski definition) is 1. The fourth-order valence-corrected chi connectivity index (χ4v) is 10.4. The molecule has 0 amide bonds. The zero-order valence-corrected chi connectivity index (χ0v) is 23.7. The van der Waals surface area contributed by atoms with Gasteiger partial charge in [-0.1, -0.05) is 33.1 Å². The van der Waals surface area contributed by atoms with E-state index in [1.54, 1.807) is 0 Å². The van der Waals surface area contributed by atoms with Crippen LogP contribution in [0.1, 0.15) is 104 Å². The molecule has 1 N–H and O–H groups in total. The predicted octanol–water partition coefficient (Wildman–Crippen LogP) is 7.47. The quantitative estimate of drug-likeness (QED) is 0.220. The number of carbonyl (C=O) groups excluding carboxylic acids is 1. The summed E-state index contributed by atoms with van der Waals surface area (Å²) < 4.78 is 75.2. The van der Waals surface area contributed by atoms with Crippen molar-refractivity contribution in [2.45, 2.75) is 122 Å². The fraction of sp³-hybridized carbons (Fsp3) is 0.966. The van der Waals surface area contributed by atoms with Crippen molar-refractivity contribution in [3.8, 4) is 0 Å².